The van der Waals surface area contributed by atoms with Crippen molar-refractivity contribution in [1.82, 2.24) is 0 Å². The van der Waals surface area contributed by atoms with Gasteiger partial charge in [0.05, 0.1) is 0 Å². The van der Waals surface area contributed by atoms with Crippen LogP contribution in [0.5, 0.6) is 11.5 Å². The van der Waals surface area contributed by atoms with Crippen molar-refractivity contribution in [2.24, 2.45) is 23.7 Å². The highest BCUT2D eigenvalue weighted by molar-refractivity contribution is 5.71. The van der Waals surface area contributed by atoms with Crippen LogP contribution in [0.3, 0.4) is 0 Å². The van der Waals surface area contributed by atoms with Crippen LogP contribution in [-0.2, 0) is 20.5 Å². The Balaban J connectivity index is 1.02. The average Bonchev–Trinajstić information content (AvgIpc) is 2.96. The fraction of sp³-hybridized carbons (Fsp3) is 0.513. The lowest BCUT2D eigenvalue weighted by Gasteiger charge is -2.59. The van der Waals surface area contributed by atoms with Gasteiger partial charge in [-0.15, -0.1) is 0 Å². The number of carbonyl (C=O) groups is 1. The SMILES string of the molecule is Cc1cc(OC(C)(C)c2ccc(OCC(=O)OC3(C)C4CC5CC(C4)CC3C5)cc2)ccc1[I+]c1ccc(C(C)(C)C)cc1. The molecule has 0 N–H and O–H groups in total. The summed E-state index contributed by atoms with van der Waals surface area (Å²) < 4.78 is 21.4. The molecule has 0 unspecified atom stereocenters. The van der Waals surface area contributed by atoms with Gasteiger partial charge >= 0.3 is 27.2 Å². The van der Waals surface area contributed by atoms with E-state index in [4.69, 9.17) is 14.2 Å². The van der Waals surface area contributed by atoms with Crippen LogP contribution in [-0.4, -0.2) is 18.2 Å². The number of rotatable bonds is 9. The van der Waals surface area contributed by atoms with E-state index in [-0.39, 0.29) is 44.8 Å². The molecule has 4 fully saturated rings. The molecule has 0 heterocycles. The largest absolute Gasteiger partial charge is 0.483 e. The summed E-state index contributed by atoms with van der Waals surface area (Å²) in [7, 11) is 0. The van der Waals surface area contributed by atoms with Gasteiger partial charge in [0.2, 0.25) is 0 Å². The van der Waals surface area contributed by atoms with Crippen molar-refractivity contribution in [1.29, 1.82) is 0 Å². The smallest absolute Gasteiger partial charge is 0.358 e. The van der Waals surface area contributed by atoms with Gasteiger partial charge in [0.15, 0.2) is 13.7 Å². The molecule has 4 saturated carbocycles. The van der Waals surface area contributed by atoms with Crippen LogP contribution in [0, 0.1) is 37.7 Å². The van der Waals surface area contributed by atoms with Gasteiger partial charge in [0.25, 0.3) is 0 Å². The monoisotopic (exact) mass is 707 g/mol. The van der Waals surface area contributed by atoms with Gasteiger partial charge in [-0.25, -0.2) is 4.79 Å². The molecule has 44 heavy (non-hydrogen) atoms. The van der Waals surface area contributed by atoms with E-state index in [1.807, 2.05) is 24.3 Å². The number of hydrogen-bond acceptors (Lipinski definition) is 4. The van der Waals surface area contributed by atoms with E-state index in [0.717, 1.165) is 23.1 Å². The van der Waals surface area contributed by atoms with Crippen molar-refractivity contribution in [2.75, 3.05) is 6.61 Å². The Kier molecular flexibility index (Phi) is 8.57. The van der Waals surface area contributed by atoms with E-state index in [9.17, 15) is 4.79 Å². The molecule has 7 rings (SSSR count). The second-order valence-electron chi connectivity index (χ2n) is 15.2. The molecule has 0 aromatic heterocycles. The average molecular weight is 708 g/mol. The van der Waals surface area contributed by atoms with Crippen molar-refractivity contribution in [3.05, 3.63) is 90.6 Å². The fourth-order valence-electron chi connectivity index (χ4n) is 7.93. The number of ether oxygens (including phenoxy) is 3. The maximum atomic E-state index is 12.9. The van der Waals surface area contributed by atoms with Gasteiger partial charge in [-0.05, 0) is 142 Å². The van der Waals surface area contributed by atoms with Crippen LogP contribution in [0.4, 0.5) is 0 Å². The predicted octanol–water partition coefficient (Wildman–Crippen LogP) is 5.87. The molecular weight excluding hydrogens is 659 g/mol. The van der Waals surface area contributed by atoms with Gasteiger partial charge < -0.3 is 14.2 Å². The molecule has 5 heteroatoms. The third-order valence-corrected chi connectivity index (χ3v) is 13.6. The minimum Gasteiger partial charge on any atom is -0.483 e. The molecule has 234 valence electrons. The number of halogens is 1. The van der Waals surface area contributed by atoms with Gasteiger partial charge in [-0.1, -0.05) is 45.0 Å². The number of carbonyl (C=O) groups excluding carboxylic acids is 1. The molecule has 4 bridgehead atoms. The maximum absolute atomic E-state index is 12.9. The lowest BCUT2D eigenvalue weighted by atomic mass is 9.50. The second kappa shape index (κ2) is 12.0. The van der Waals surface area contributed by atoms with Gasteiger partial charge in [-0.3, -0.25) is 0 Å². The highest BCUT2D eigenvalue weighted by Crippen LogP contribution is 2.59. The number of aryl methyl sites for hydroxylation is 1. The summed E-state index contributed by atoms with van der Waals surface area (Å²) in [5.74, 6) is 3.99. The van der Waals surface area contributed by atoms with Crippen LogP contribution in [0.1, 0.15) is 90.3 Å². The van der Waals surface area contributed by atoms with E-state index in [0.29, 0.717) is 17.6 Å². The van der Waals surface area contributed by atoms with E-state index in [1.54, 1.807) is 0 Å². The van der Waals surface area contributed by atoms with Crippen LogP contribution in [0.2, 0.25) is 0 Å². The first kappa shape index (κ1) is 31.4. The zero-order chi connectivity index (χ0) is 31.3. The van der Waals surface area contributed by atoms with Crippen molar-refractivity contribution in [3.8, 4) is 11.5 Å². The van der Waals surface area contributed by atoms with Gasteiger partial charge in [0.1, 0.15) is 22.7 Å². The minimum atomic E-state index is -0.530. The van der Waals surface area contributed by atoms with E-state index < -0.39 is 5.60 Å². The zero-order valence-electron chi connectivity index (χ0n) is 27.4. The fourth-order valence-corrected chi connectivity index (χ4v) is 10.3. The van der Waals surface area contributed by atoms with Gasteiger partial charge in [-0.2, -0.15) is 0 Å². The van der Waals surface area contributed by atoms with Crippen molar-refractivity contribution in [2.45, 2.75) is 97.2 Å². The lowest BCUT2D eigenvalue weighted by molar-refractivity contribution is -0.598. The molecule has 3 aromatic carbocycles. The second-order valence-corrected chi connectivity index (χ2v) is 18.1. The highest BCUT2D eigenvalue weighted by Gasteiger charge is 2.57. The van der Waals surface area contributed by atoms with Crippen LogP contribution in [0.15, 0.2) is 66.7 Å². The summed E-state index contributed by atoms with van der Waals surface area (Å²) in [5.41, 5.74) is 3.00. The number of benzene rings is 3. The Morgan fingerprint density at radius 1 is 0.795 bits per heavy atom. The Labute approximate surface area is 274 Å². The molecule has 0 aliphatic heterocycles. The summed E-state index contributed by atoms with van der Waals surface area (Å²) in [4.78, 5) is 12.9. The molecule has 0 atom stereocenters. The molecule has 4 nitrogen and oxygen atoms in total. The number of esters is 1. The maximum Gasteiger partial charge on any atom is 0.358 e. The van der Waals surface area contributed by atoms with E-state index in [1.165, 1.54) is 50.4 Å². The normalized spacial score (nSPS) is 26.0. The number of hydrogen-bond donors (Lipinski definition) is 0. The van der Waals surface area contributed by atoms with E-state index in [2.05, 4.69) is 90.9 Å². The summed E-state index contributed by atoms with van der Waals surface area (Å²) in [6.45, 7) is 15.2. The Morgan fingerprint density at radius 2 is 1.36 bits per heavy atom. The molecule has 0 spiro atoms. The molecule has 0 radical (unpaired) electrons. The highest BCUT2D eigenvalue weighted by atomic mass is 127. The van der Waals surface area contributed by atoms with Crippen LogP contribution in [0.25, 0.3) is 0 Å². The topological polar surface area (TPSA) is 44.8 Å². The summed E-state index contributed by atoms with van der Waals surface area (Å²) in [6, 6.07) is 23.5. The third kappa shape index (κ3) is 6.68. The summed E-state index contributed by atoms with van der Waals surface area (Å²) in [6.07, 6.45) is 6.25. The van der Waals surface area contributed by atoms with Crippen molar-refractivity contribution < 1.29 is 40.2 Å². The zero-order valence-corrected chi connectivity index (χ0v) is 29.6. The molecule has 0 saturated heterocycles. The summed E-state index contributed by atoms with van der Waals surface area (Å²) >= 11 is -0.261. The lowest BCUT2D eigenvalue weighted by Crippen LogP contribution is -3.61. The first-order valence-electron chi connectivity index (χ1n) is 16.3. The summed E-state index contributed by atoms with van der Waals surface area (Å²) in [5, 5.41) is 0. The predicted molar refractivity (Wildman–Crippen MR) is 171 cm³/mol. The third-order valence-electron chi connectivity index (χ3n) is 10.4. The molecule has 4 aliphatic rings. The van der Waals surface area contributed by atoms with Crippen molar-refractivity contribution in [3.63, 3.8) is 0 Å². The first-order valence-corrected chi connectivity index (χ1v) is 18.4. The Hall–Kier alpha value is -2.54. The standard InChI is InChI=1S/C39H48IO4/c1-25-18-34(16-17-35(25)40-32-12-8-28(9-13-32)37(2,3)4)43-38(5,6)29-10-14-33(15-11-29)42-24-36(41)44-39(7)30-20-26-19-27(22-30)23-31(39)21-26/h8-18,26-27,30-31H,19-24H2,1-7H3/q+1. The molecule has 0 amide bonds. The van der Waals surface area contributed by atoms with E-state index >= 15 is 0 Å². The Morgan fingerprint density at radius 3 is 1.93 bits per heavy atom. The van der Waals surface area contributed by atoms with Crippen LogP contribution < -0.4 is 30.7 Å². The minimum absolute atomic E-state index is 0.0594. The van der Waals surface area contributed by atoms with Gasteiger partial charge in [0, 0.05) is 5.56 Å². The Bertz CT molecular complexity index is 1450. The van der Waals surface area contributed by atoms with Crippen LogP contribution >= 0.6 is 0 Å². The quantitative estimate of drug-likeness (QED) is 0.206. The van der Waals surface area contributed by atoms with Crippen molar-refractivity contribution >= 4 is 5.97 Å². The molecular formula is C39H48IO4+. The molecule has 3 aromatic rings. The first-order chi connectivity index (χ1) is 20.8. The molecule has 4 aliphatic carbocycles.